The van der Waals surface area contributed by atoms with Gasteiger partial charge in [0.1, 0.15) is 41.1 Å². The van der Waals surface area contributed by atoms with Crippen LogP contribution in [0.4, 0.5) is 5.69 Å². The second-order valence-electron chi connectivity index (χ2n) is 17.2. The van der Waals surface area contributed by atoms with Gasteiger partial charge in [0, 0.05) is 79.0 Å². The second-order valence-corrected chi connectivity index (χ2v) is 22.0. The molecule has 0 aromatic heterocycles. The Labute approximate surface area is 417 Å². The minimum atomic E-state index is -4.99. The van der Waals surface area contributed by atoms with E-state index in [0.29, 0.717) is 53.7 Å². The topological polar surface area (TPSA) is 242 Å². The smallest absolute Gasteiger partial charge is 0.343 e. The van der Waals surface area contributed by atoms with Crippen molar-refractivity contribution in [2.24, 2.45) is 0 Å². The first kappa shape index (κ1) is 53.9. The first-order valence-electron chi connectivity index (χ1n) is 23.7. The molecule has 2 aliphatic heterocycles. The van der Waals surface area contributed by atoms with Crippen LogP contribution in [0, 0.1) is 0 Å². The lowest BCUT2D eigenvalue weighted by atomic mass is 9.90. The largest absolute Gasteiger partial charge is 0.748 e. The molecule has 3 atom stereocenters. The molecule has 1 aliphatic carbocycles. The van der Waals surface area contributed by atoms with Crippen molar-refractivity contribution in [2.45, 2.75) is 89.4 Å². The zero-order valence-corrected chi connectivity index (χ0v) is 43.2. The van der Waals surface area contributed by atoms with Gasteiger partial charge in [-0.05, 0) is 94.3 Å². The Balaban J connectivity index is 1.13. The quantitative estimate of drug-likeness (QED) is 0.0133. The van der Waals surface area contributed by atoms with Gasteiger partial charge in [-0.25, -0.2) is 13.0 Å². The predicted octanol–water partition coefficient (Wildman–Crippen LogP) is 6.06. The molecule has 1 fully saturated rings. The Bertz CT molecular complexity index is 2880. The van der Waals surface area contributed by atoms with Crippen molar-refractivity contribution in [1.82, 2.24) is 25.4 Å². The predicted molar refractivity (Wildman–Crippen MR) is 272 cm³/mol. The first-order chi connectivity index (χ1) is 33.4. The number of likely N-dealkylation sites (tertiary alicyclic amines) is 1. The summed E-state index contributed by atoms with van der Waals surface area (Å²) in [6.07, 6.45) is 2.30. The number of carbonyl (C=O) groups is 4. The monoisotopic (exact) mass is 1060 g/mol. The summed E-state index contributed by atoms with van der Waals surface area (Å²) in [6.45, 7) is 12.1. The summed E-state index contributed by atoms with van der Waals surface area (Å²) in [7, 11) is -9.35. The molecule has 3 aromatic carbocycles. The van der Waals surface area contributed by atoms with Crippen LogP contribution in [0.1, 0.15) is 92.3 Å². The molecule has 4 amide bonds. The van der Waals surface area contributed by atoms with Crippen LogP contribution in [0.3, 0.4) is 0 Å². The van der Waals surface area contributed by atoms with Gasteiger partial charge in [0.2, 0.25) is 23.1 Å². The van der Waals surface area contributed by atoms with Gasteiger partial charge in [0.25, 0.3) is 5.91 Å². The molecular formula is C50H62BrN6O11PS. The SMILES string of the molecule is CCN(CC)c1ccc2c(-c3ccccc3C(=O)N3CCCC3C(=O)NC(CS(=O)(=O)[O-])C(=O)NCCCCCC(=O)NCc3ccc(C(Br)P(=O)(O)O)cc3)c3ccc(=[N+](CC)CC)cc-3oc2c1. The lowest BCUT2D eigenvalue weighted by molar-refractivity contribution is -0.130. The number of amides is 4. The van der Waals surface area contributed by atoms with Crippen LogP contribution in [0.25, 0.3) is 33.4 Å². The number of nitrogens with one attached hydrogen (secondary N) is 3. The average molecular weight is 1070 g/mol. The van der Waals surface area contributed by atoms with Crippen molar-refractivity contribution in [2.75, 3.05) is 49.9 Å². The fourth-order valence-corrected chi connectivity index (χ4v) is 10.4. The number of hydrogen-bond donors (Lipinski definition) is 5. The molecule has 0 saturated carbocycles. The summed E-state index contributed by atoms with van der Waals surface area (Å²) in [4.78, 5) is 77.0. The summed E-state index contributed by atoms with van der Waals surface area (Å²) in [6, 6.07) is 23.0. The van der Waals surface area contributed by atoms with Gasteiger partial charge in [0.15, 0.2) is 0 Å². The normalized spacial score (nSPS) is 14.9. The molecule has 3 aromatic rings. The Kier molecular flexibility index (Phi) is 18.6. The van der Waals surface area contributed by atoms with Gasteiger partial charge in [-0.1, -0.05) is 64.8 Å². The maximum atomic E-state index is 14.8. The number of alkyl halides is 1. The summed E-state index contributed by atoms with van der Waals surface area (Å²) < 4.78 is 55.3. The van der Waals surface area contributed by atoms with Crippen molar-refractivity contribution in [3.63, 3.8) is 0 Å². The van der Waals surface area contributed by atoms with Crippen molar-refractivity contribution >= 4 is 73.9 Å². The number of carbonyl (C=O) groups excluding carboxylic acids is 4. The number of nitrogens with zero attached hydrogens (tertiary/aromatic N) is 3. The van der Waals surface area contributed by atoms with Gasteiger partial charge in [-0.15, -0.1) is 0 Å². The molecule has 376 valence electrons. The van der Waals surface area contributed by atoms with E-state index in [4.69, 9.17) is 4.42 Å². The maximum absolute atomic E-state index is 14.8. The molecule has 3 aliphatic rings. The summed E-state index contributed by atoms with van der Waals surface area (Å²) in [5, 5.41) is 9.65. The van der Waals surface area contributed by atoms with Crippen molar-refractivity contribution in [1.29, 1.82) is 0 Å². The van der Waals surface area contributed by atoms with E-state index in [9.17, 15) is 46.5 Å². The van der Waals surface area contributed by atoms with E-state index in [1.165, 1.54) is 4.90 Å². The van der Waals surface area contributed by atoms with E-state index in [2.05, 4.69) is 69.1 Å². The highest BCUT2D eigenvalue weighted by atomic mass is 79.9. The van der Waals surface area contributed by atoms with Gasteiger partial charge >= 0.3 is 7.60 Å². The number of rotatable bonds is 22. The van der Waals surface area contributed by atoms with E-state index in [-0.39, 0.29) is 38.4 Å². The Hall–Kier alpha value is -5.43. The molecule has 3 unspecified atom stereocenters. The number of halogens is 1. The molecule has 5 N–H and O–H groups in total. The first-order valence-corrected chi connectivity index (χ1v) is 27.8. The van der Waals surface area contributed by atoms with E-state index in [1.807, 2.05) is 48.5 Å². The van der Waals surface area contributed by atoms with Gasteiger partial charge in [-0.2, -0.15) is 0 Å². The van der Waals surface area contributed by atoms with Crippen molar-refractivity contribution in [3.8, 4) is 22.5 Å². The Morgan fingerprint density at radius 2 is 1.63 bits per heavy atom. The van der Waals surface area contributed by atoms with Crippen LogP contribution < -0.4 is 30.8 Å². The Morgan fingerprint density at radius 1 is 0.914 bits per heavy atom. The molecule has 2 heterocycles. The molecule has 20 heteroatoms. The number of unbranched alkanes of at least 4 members (excludes halogenated alkanes) is 2. The number of fused-ring (bicyclic) bond motifs is 2. The van der Waals surface area contributed by atoms with Gasteiger partial charge < -0.3 is 44.5 Å². The molecule has 70 heavy (non-hydrogen) atoms. The van der Waals surface area contributed by atoms with Gasteiger partial charge in [0.05, 0.1) is 21.9 Å². The summed E-state index contributed by atoms with van der Waals surface area (Å²) in [5.41, 5.74) is 5.33. The zero-order chi connectivity index (χ0) is 50.8. The van der Waals surface area contributed by atoms with Crippen LogP contribution >= 0.6 is 23.5 Å². The fraction of sp³-hybridized carbons (Fsp3) is 0.420. The van der Waals surface area contributed by atoms with Crippen LogP contribution in [0.2, 0.25) is 0 Å². The molecule has 17 nitrogen and oxygen atoms in total. The summed E-state index contributed by atoms with van der Waals surface area (Å²) >= 11 is 3.01. The van der Waals surface area contributed by atoms with E-state index in [1.54, 1.807) is 36.4 Å². The fourth-order valence-electron chi connectivity index (χ4n) is 8.91. The molecule has 6 rings (SSSR count). The summed E-state index contributed by atoms with van der Waals surface area (Å²) in [5.74, 6) is -2.83. The van der Waals surface area contributed by atoms with Crippen LogP contribution in [0.5, 0.6) is 0 Å². The lowest BCUT2D eigenvalue weighted by Crippen LogP contribution is -2.55. The third-order valence-electron chi connectivity index (χ3n) is 12.6. The highest BCUT2D eigenvalue weighted by Crippen LogP contribution is 2.55. The lowest BCUT2D eigenvalue weighted by Gasteiger charge is -2.28. The minimum Gasteiger partial charge on any atom is -0.748 e. The molecular weight excluding hydrogens is 1000 g/mol. The highest BCUT2D eigenvalue weighted by Gasteiger charge is 2.38. The zero-order valence-electron chi connectivity index (χ0n) is 39.9. The third-order valence-corrected chi connectivity index (χ3v) is 16.4. The standard InChI is InChI=1S/C50H62BrN6O11PS/c1-5-55(6-2)35-23-25-39-43(29-35)68-44-30-36(56(7-3)8-4)24-26-40(44)46(39)37-15-11-12-16-38(37)50(61)57-28-14-17-42(57)49(60)54-41(32-70(65,66)67)48(59)52-27-13-9-10-18-45(58)53-31-33-19-21-34(22-20-33)47(51)69(62,63)64/h11-12,15-16,19-26,29-30,41-42,47H,5-10,13-14,17-18,27-28,31-32H2,1-4H3,(H5-,52,53,54,58,59,60,62,63,64,65,66,67). The highest BCUT2D eigenvalue weighted by molar-refractivity contribution is 9.10. The van der Waals surface area contributed by atoms with E-state index < -0.39 is 57.8 Å². The Morgan fingerprint density at radius 3 is 2.30 bits per heavy atom. The number of anilines is 1. The van der Waals surface area contributed by atoms with E-state index >= 15 is 0 Å². The van der Waals surface area contributed by atoms with Crippen LogP contribution in [-0.4, -0.2) is 108 Å². The molecule has 0 spiro atoms. The van der Waals surface area contributed by atoms with Crippen LogP contribution in [0.15, 0.2) is 89.3 Å². The van der Waals surface area contributed by atoms with Crippen LogP contribution in [-0.2, 0) is 35.6 Å². The minimum absolute atomic E-state index is 0.0791. The second kappa shape index (κ2) is 24.1. The van der Waals surface area contributed by atoms with Crippen molar-refractivity contribution < 1.29 is 50.9 Å². The van der Waals surface area contributed by atoms with Crippen molar-refractivity contribution in [3.05, 3.63) is 107 Å². The molecule has 0 bridgehead atoms. The third kappa shape index (κ3) is 13.5. The average Bonchev–Trinajstić information content (AvgIpc) is 3.84. The number of benzene rings is 4. The molecule has 0 radical (unpaired) electrons. The van der Waals surface area contributed by atoms with Gasteiger partial charge in [-0.3, -0.25) is 23.7 Å². The molecule has 1 saturated heterocycles. The van der Waals surface area contributed by atoms with E-state index in [0.717, 1.165) is 59.3 Å². The maximum Gasteiger partial charge on any atom is 0.343 e. The number of hydrogen-bond acceptors (Lipinski definition) is 10.